The molecule has 0 spiro atoms. The lowest BCUT2D eigenvalue weighted by Crippen LogP contribution is -2.53. The minimum Gasteiger partial charge on any atom is -0.494 e. The maximum atomic E-state index is 13.5. The molecule has 3 atom stereocenters. The number of morpholine rings is 1. The lowest BCUT2D eigenvalue weighted by Gasteiger charge is -2.40. The second-order valence-electron chi connectivity index (χ2n) is 6.15. The van der Waals surface area contributed by atoms with Crippen LogP contribution in [0.5, 0.6) is 5.75 Å². The van der Waals surface area contributed by atoms with Gasteiger partial charge in [-0.15, -0.1) is 0 Å². The number of benzene rings is 1. The van der Waals surface area contributed by atoms with Crippen molar-refractivity contribution in [2.75, 3.05) is 26.9 Å². The number of halogens is 1. The molecular weight excluding hydrogens is 301 g/mol. The Balaban J connectivity index is 1.83. The summed E-state index contributed by atoms with van der Waals surface area (Å²) in [5.74, 6) is -0.562. The van der Waals surface area contributed by atoms with Crippen LogP contribution in [-0.2, 0) is 4.74 Å². The number of carbonyl (C=O) groups is 1. The minimum atomic E-state index is -0.492. The highest BCUT2D eigenvalue weighted by atomic mass is 19.1. The van der Waals surface area contributed by atoms with Crippen LogP contribution in [0.1, 0.15) is 29.6 Å². The van der Waals surface area contributed by atoms with Crippen LogP contribution in [0, 0.1) is 11.7 Å². The van der Waals surface area contributed by atoms with Crippen molar-refractivity contribution in [3.8, 4) is 5.75 Å². The van der Waals surface area contributed by atoms with Crippen LogP contribution in [0.25, 0.3) is 0 Å². The van der Waals surface area contributed by atoms with Crippen LogP contribution >= 0.6 is 0 Å². The number of aliphatic hydroxyl groups excluding tert-OH is 1. The summed E-state index contributed by atoms with van der Waals surface area (Å²) in [6.45, 7) is 1.39. The van der Waals surface area contributed by atoms with E-state index >= 15 is 0 Å². The van der Waals surface area contributed by atoms with Gasteiger partial charge in [0.2, 0.25) is 0 Å². The molecule has 6 heteroatoms. The topological polar surface area (TPSA) is 59.0 Å². The first-order chi connectivity index (χ1) is 11.1. The monoisotopic (exact) mass is 323 g/mol. The normalized spacial score (nSPS) is 28.0. The minimum absolute atomic E-state index is 0.0431. The van der Waals surface area contributed by atoms with Gasteiger partial charge in [-0.25, -0.2) is 4.39 Å². The molecule has 5 nitrogen and oxygen atoms in total. The zero-order valence-electron chi connectivity index (χ0n) is 13.2. The highest BCUT2D eigenvalue weighted by Crippen LogP contribution is 2.33. The lowest BCUT2D eigenvalue weighted by molar-refractivity contribution is -0.0383. The summed E-state index contributed by atoms with van der Waals surface area (Å²) < 4.78 is 24.0. The first-order valence-corrected chi connectivity index (χ1v) is 8.02. The third-order valence-corrected chi connectivity index (χ3v) is 4.85. The van der Waals surface area contributed by atoms with Gasteiger partial charge < -0.3 is 19.5 Å². The highest BCUT2D eigenvalue weighted by Gasteiger charge is 2.39. The van der Waals surface area contributed by atoms with Crippen LogP contribution < -0.4 is 4.74 Å². The van der Waals surface area contributed by atoms with E-state index in [9.17, 15) is 14.3 Å². The molecule has 0 radical (unpaired) electrons. The Kier molecular flexibility index (Phi) is 4.82. The third kappa shape index (κ3) is 3.19. The fourth-order valence-corrected chi connectivity index (χ4v) is 3.61. The summed E-state index contributed by atoms with van der Waals surface area (Å²) in [6, 6.07) is 4.00. The molecule has 23 heavy (non-hydrogen) atoms. The summed E-state index contributed by atoms with van der Waals surface area (Å²) >= 11 is 0. The number of hydrogen-bond acceptors (Lipinski definition) is 4. The van der Waals surface area contributed by atoms with E-state index in [0.29, 0.717) is 25.3 Å². The summed E-state index contributed by atoms with van der Waals surface area (Å²) in [5.41, 5.74) is 0.391. The number of rotatable bonds is 3. The van der Waals surface area contributed by atoms with Crippen molar-refractivity contribution in [2.45, 2.75) is 31.4 Å². The molecule has 1 heterocycles. The van der Waals surface area contributed by atoms with Crippen molar-refractivity contribution >= 4 is 5.91 Å². The summed E-state index contributed by atoms with van der Waals surface area (Å²) in [7, 11) is 1.37. The zero-order valence-corrected chi connectivity index (χ0v) is 13.2. The summed E-state index contributed by atoms with van der Waals surface area (Å²) in [4.78, 5) is 14.6. The van der Waals surface area contributed by atoms with E-state index in [1.165, 1.54) is 25.3 Å². The van der Waals surface area contributed by atoms with Gasteiger partial charge in [0.1, 0.15) is 0 Å². The molecule has 2 fully saturated rings. The first kappa shape index (κ1) is 16.2. The zero-order chi connectivity index (χ0) is 16.4. The van der Waals surface area contributed by atoms with Crippen LogP contribution in [0.15, 0.2) is 18.2 Å². The van der Waals surface area contributed by atoms with E-state index < -0.39 is 5.82 Å². The molecule has 0 bridgehead atoms. The number of aliphatic hydroxyl groups is 1. The Labute approximate surface area is 135 Å². The predicted molar refractivity (Wildman–Crippen MR) is 81.9 cm³/mol. The first-order valence-electron chi connectivity index (χ1n) is 8.02. The fraction of sp³-hybridized carbons (Fsp3) is 0.588. The SMILES string of the molecule is COc1cc(C(=O)N2CCOCC2C2CCCC2O)ccc1F. The Hall–Kier alpha value is -1.66. The Morgan fingerprint density at radius 1 is 1.43 bits per heavy atom. The highest BCUT2D eigenvalue weighted by molar-refractivity contribution is 5.95. The van der Waals surface area contributed by atoms with Gasteiger partial charge in [-0.2, -0.15) is 0 Å². The maximum Gasteiger partial charge on any atom is 0.254 e. The van der Waals surface area contributed by atoms with Crippen LogP contribution in [0.4, 0.5) is 4.39 Å². The number of carbonyl (C=O) groups excluding carboxylic acids is 1. The quantitative estimate of drug-likeness (QED) is 0.922. The molecule has 0 aromatic heterocycles. The van der Waals surface area contributed by atoms with E-state index in [0.717, 1.165) is 19.3 Å². The smallest absolute Gasteiger partial charge is 0.254 e. The molecule has 2 aliphatic rings. The molecule has 126 valence electrons. The Bertz CT molecular complexity index is 580. The molecule has 1 aromatic rings. The Morgan fingerprint density at radius 2 is 2.26 bits per heavy atom. The molecule has 1 N–H and O–H groups in total. The summed E-state index contributed by atoms with van der Waals surface area (Å²) in [6.07, 6.45) is 2.24. The van der Waals surface area contributed by atoms with E-state index in [4.69, 9.17) is 9.47 Å². The van der Waals surface area contributed by atoms with Gasteiger partial charge in [-0.3, -0.25) is 4.79 Å². The fourth-order valence-electron chi connectivity index (χ4n) is 3.61. The lowest BCUT2D eigenvalue weighted by atomic mass is 9.93. The van der Waals surface area contributed by atoms with Gasteiger partial charge in [0.15, 0.2) is 11.6 Å². The Morgan fingerprint density at radius 3 is 2.96 bits per heavy atom. The summed E-state index contributed by atoms with van der Waals surface area (Å²) in [5, 5.41) is 10.2. The van der Waals surface area contributed by atoms with E-state index in [1.807, 2.05) is 0 Å². The van der Waals surface area contributed by atoms with Crippen molar-refractivity contribution in [1.29, 1.82) is 0 Å². The molecule has 1 saturated heterocycles. The second-order valence-corrected chi connectivity index (χ2v) is 6.15. The van der Waals surface area contributed by atoms with Crippen molar-refractivity contribution in [1.82, 2.24) is 4.90 Å². The van der Waals surface area contributed by atoms with Crippen molar-refractivity contribution in [2.24, 2.45) is 5.92 Å². The standard InChI is InChI=1S/C17H22FNO4/c1-22-16-9-11(5-6-13(16)18)17(21)19-7-8-23-10-14(19)12-3-2-4-15(12)20/h5-6,9,12,14-15,20H,2-4,7-8,10H2,1H3. The van der Waals surface area contributed by atoms with E-state index in [-0.39, 0.29) is 29.7 Å². The molecule has 3 rings (SSSR count). The van der Waals surface area contributed by atoms with Gasteiger partial charge in [-0.1, -0.05) is 6.42 Å². The van der Waals surface area contributed by atoms with Crippen LogP contribution in [-0.4, -0.2) is 54.9 Å². The average molecular weight is 323 g/mol. The third-order valence-electron chi connectivity index (χ3n) is 4.85. The number of ether oxygens (including phenoxy) is 2. The van der Waals surface area contributed by atoms with Crippen molar-refractivity contribution in [3.63, 3.8) is 0 Å². The van der Waals surface area contributed by atoms with Gasteiger partial charge >= 0.3 is 0 Å². The van der Waals surface area contributed by atoms with Crippen molar-refractivity contribution < 1.29 is 23.8 Å². The molecule has 1 amide bonds. The molecule has 1 saturated carbocycles. The van der Waals surface area contributed by atoms with Gasteiger partial charge in [0.25, 0.3) is 5.91 Å². The molecule has 1 aliphatic heterocycles. The molecule has 3 unspecified atom stereocenters. The molecule has 1 aromatic carbocycles. The second kappa shape index (κ2) is 6.84. The number of nitrogens with zero attached hydrogens (tertiary/aromatic N) is 1. The van der Waals surface area contributed by atoms with Crippen molar-refractivity contribution in [3.05, 3.63) is 29.6 Å². The maximum absolute atomic E-state index is 13.5. The molecular formula is C17H22FNO4. The van der Waals surface area contributed by atoms with E-state index in [1.54, 1.807) is 4.90 Å². The predicted octanol–water partition coefficient (Wildman–Crippen LogP) is 1.84. The van der Waals surface area contributed by atoms with Gasteiger partial charge in [0.05, 0.1) is 32.5 Å². The number of methoxy groups -OCH3 is 1. The number of amides is 1. The number of hydrogen-bond donors (Lipinski definition) is 1. The van der Waals surface area contributed by atoms with Gasteiger partial charge in [-0.05, 0) is 31.0 Å². The van der Waals surface area contributed by atoms with Crippen LogP contribution in [0.2, 0.25) is 0 Å². The van der Waals surface area contributed by atoms with Gasteiger partial charge in [0, 0.05) is 18.0 Å². The average Bonchev–Trinajstić information content (AvgIpc) is 3.00. The largest absolute Gasteiger partial charge is 0.494 e. The molecule has 1 aliphatic carbocycles. The van der Waals surface area contributed by atoms with E-state index in [2.05, 4.69) is 0 Å². The van der Waals surface area contributed by atoms with Crippen LogP contribution in [0.3, 0.4) is 0 Å².